The van der Waals surface area contributed by atoms with Gasteiger partial charge in [-0.1, -0.05) is 15.9 Å². The van der Waals surface area contributed by atoms with Gasteiger partial charge >= 0.3 is 0 Å². The molecule has 4 nitrogen and oxygen atoms in total. The third kappa shape index (κ3) is 3.13. The van der Waals surface area contributed by atoms with Crippen LogP contribution in [0.25, 0.3) is 0 Å². The number of piperazine rings is 1. The molecular weight excluding hydrogens is 313 g/mol. The van der Waals surface area contributed by atoms with Crippen molar-refractivity contribution in [1.82, 2.24) is 9.80 Å². The van der Waals surface area contributed by atoms with Gasteiger partial charge in [0.1, 0.15) is 5.82 Å². The lowest BCUT2D eigenvalue weighted by Gasteiger charge is -2.39. The first-order valence-corrected chi connectivity index (χ1v) is 6.97. The minimum Gasteiger partial charge on any atom is -0.332 e. The van der Waals surface area contributed by atoms with Crippen molar-refractivity contribution in [2.75, 3.05) is 33.2 Å². The average Bonchev–Trinajstić information content (AvgIpc) is 2.40. The molecule has 0 bridgehead atoms. The minimum atomic E-state index is -0.497. The molecule has 2 N–H and O–H groups in total. The van der Waals surface area contributed by atoms with Gasteiger partial charge in [-0.25, -0.2) is 4.39 Å². The number of nitrogens with two attached hydrogens (primary N) is 1. The van der Waals surface area contributed by atoms with Crippen molar-refractivity contribution in [3.63, 3.8) is 0 Å². The molecule has 104 valence electrons. The van der Waals surface area contributed by atoms with Crippen LogP contribution in [0.4, 0.5) is 4.39 Å². The van der Waals surface area contributed by atoms with E-state index < -0.39 is 5.82 Å². The van der Waals surface area contributed by atoms with Crippen LogP contribution in [0.1, 0.15) is 10.4 Å². The summed E-state index contributed by atoms with van der Waals surface area (Å²) in [5, 5.41) is 0. The van der Waals surface area contributed by atoms with E-state index in [9.17, 15) is 9.18 Å². The fourth-order valence-corrected chi connectivity index (χ4v) is 2.66. The van der Waals surface area contributed by atoms with E-state index in [2.05, 4.69) is 20.8 Å². The number of carbonyl (C=O) groups excluding carboxylic acids is 1. The van der Waals surface area contributed by atoms with Gasteiger partial charge in [0, 0.05) is 30.7 Å². The molecule has 2 rings (SSSR count). The Hall–Kier alpha value is -0.980. The van der Waals surface area contributed by atoms with E-state index in [-0.39, 0.29) is 17.5 Å². The van der Waals surface area contributed by atoms with Gasteiger partial charge in [0.05, 0.1) is 11.6 Å². The Labute approximate surface area is 120 Å². The van der Waals surface area contributed by atoms with Gasteiger partial charge < -0.3 is 15.5 Å². The molecule has 1 unspecified atom stereocenters. The molecule has 1 atom stereocenters. The van der Waals surface area contributed by atoms with Gasteiger partial charge in [0.25, 0.3) is 5.91 Å². The number of amides is 1. The molecule has 1 aliphatic rings. The molecule has 0 saturated carbocycles. The first kappa shape index (κ1) is 14.4. The zero-order valence-electron chi connectivity index (χ0n) is 10.8. The average molecular weight is 330 g/mol. The lowest BCUT2D eigenvalue weighted by Crippen LogP contribution is -2.56. The molecule has 0 aromatic heterocycles. The van der Waals surface area contributed by atoms with Gasteiger partial charge in [0.2, 0.25) is 0 Å². The number of carbonyl (C=O) groups is 1. The minimum absolute atomic E-state index is 0.0652. The van der Waals surface area contributed by atoms with Crippen molar-refractivity contribution >= 4 is 21.8 Å². The number of halogens is 2. The number of hydrogen-bond acceptors (Lipinski definition) is 3. The predicted octanol–water partition coefficient (Wildman–Crippen LogP) is 1.30. The van der Waals surface area contributed by atoms with Crippen LogP contribution in [-0.4, -0.2) is 55.0 Å². The van der Waals surface area contributed by atoms with Crippen molar-refractivity contribution in [3.05, 3.63) is 34.1 Å². The number of likely N-dealkylation sites (N-methyl/N-ethyl adjacent to an activating group) is 1. The van der Waals surface area contributed by atoms with E-state index in [4.69, 9.17) is 5.73 Å². The maximum absolute atomic E-state index is 13.8. The fourth-order valence-electron chi connectivity index (χ4n) is 2.30. The Kier molecular flexibility index (Phi) is 4.54. The van der Waals surface area contributed by atoms with Crippen LogP contribution in [0.15, 0.2) is 22.7 Å². The van der Waals surface area contributed by atoms with E-state index >= 15 is 0 Å². The lowest BCUT2D eigenvalue weighted by molar-refractivity contribution is 0.0511. The van der Waals surface area contributed by atoms with Gasteiger partial charge in [-0.2, -0.15) is 0 Å². The summed E-state index contributed by atoms with van der Waals surface area (Å²) in [7, 11) is 1.99. The molecule has 1 amide bonds. The topological polar surface area (TPSA) is 49.6 Å². The zero-order valence-corrected chi connectivity index (χ0v) is 12.4. The maximum Gasteiger partial charge on any atom is 0.257 e. The van der Waals surface area contributed by atoms with Crippen LogP contribution in [0.2, 0.25) is 0 Å². The second-order valence-electron chi connectivity index (χ2n) is 4.77. The summed E-state index contributed by atoms with van der Waals surface area (Å²) in [4.78, 5) is 16.2. The summed E-state index contributed by atoms with van der Waals surface area (Å²) < 4.78 is 14.5. The summed E-state index contributed by atoms with van der Waals surface area (Å²) in [5.74, 6) is -0.787. The normalized spacial score (nSPS) is 20.6. The molecule has 19 heavy (non-hydrogen) atoms. The highest BCUT2D eigenvalue weighted by Crippen LogP contribution is 2.19. The smallest absolute Gasteiger partial charge is 0.257 e. The van der Waals surface area contributed by atoms with Gasteiger partial charge in [-0.15, -0.1) is 0 Å². The maximum atomic E-state index is 13.8. The van der Waals surface area contributed by atoms with E-state index in [1.165, 1.54) is 12.1 Å². The molecule has 1 fully saturated rings. The second kappa shape index (κ2) is 5.98. The molecule has 1 saturated heterocycles. The SMILES string of the molecule is CN1CCN(C(=O)c2cc(Br)ccc2F)C(CN)C1. The molecule has 0 spiro atoms. The van der Waals surface area contributed by atoms with Crippen molar-refractivity contribution < 1.29 is 9.18 Å². The summed E-state index contributed by atoms with van der Waals surface area (Å²) in [6, 6.07) is 4.33. The van der Waals surface area contributed by atoms with Crippen molar-refractivity contribution in [1.29, 1.82) is 0 Å². The van der Waals surface area contributed by atoms with E-state index in [0.29, 0.717) is 17.6 Å². The summed E-state index contributed by atoms with van der Waals surface area (Å²) >= 11 is 3.26. The standard InChI is InChI=1S/C13H17BrFN3O/c1-17-4-5-18(10(7-16)8-17)13(19)11-6-9(14)2-3-12(11)15/h2-3,6,10H,4-5,7-8,16H2,1H3. The zero-order chi connectivity index (χ0) is 14.0. The Morgan fingerprint density at radius 1 is 1.53 bits per heavy atom. The molecule has 1 aliphatic heterocycles. The van der Waals surface area contributed by atoms with Crippen molar-refractivity contribution in [3.8, 4) is 0 Å². The quantitative estimate of drug-likeness (QED) is 0.889. The Balaban J connectivity index is 2.25. The highest BCUT2D eigenvalue weighted by atomic mass is 79.9. The Bertz CT molecular complexity index is 483. The van der Waals surface area contributed by atoms with Gasteiger partial charge in [-0.05, 0) is 25.2 Å². The number of nitrogens with zero attached hydrogens (tertiary/aromatic N) is 2. The first-order valence-electron chi connectivity index (χ1n) is 6.17. The molecule has 1 aromatic rings. The summed E-state index contributed by atoms with van der Waals surface area (Å²) in [6.45, 7) is 2.45. The fraction of sp³-hybridized carbons (Fsp3) is 0.462. The molecular formula is C13H17BrFN3O. The molecule has 6 heteroatoms. The number of rotatable bonds is 2. The van der Waals surface area contributed by atoms with Crippen LogP contribution in [-0.2, 0) is 0 Å². The van der Waals surface area contributed by atoms with Crippen LogP contribution in [0, 0.1) is 5.82 Å². The highest BCUT2D eigenvalue weighted by molar-refractivity contribution is 9.10. The molecule has 0 radical (unpaired) electrons. The van der Waals surface area contributed by atoms with Crippen molar-refractivity contribution in [2.24, 2.45) is 5.73 Å². The van der Waals surface area contributed by atoms with E-state index in [1.807, 2.05) is 7.05 Å². The Morgan fingerprint density at radius 2 is 2.26 bits per heavy atom. The number of benzene rings is 1. The van der Waals surface area contributed by atoms with Crippen molar-refractivity contribution in [2.45, 2.75) is 6.04 Å². The molecule has 1 heterocycles. The van der Waals surface area contributed by atoms with Crippen LogP contribution in [0.5, 0.6) is 0 Å². The van der Waals surface area contributed by atoms with Gasteiger partial charge in [0.15, 0.2) is 0 Å². The third-order valence-corrected chi connectivity index (χ3v) is 3.87. The highest BCUT2D eigenvalue weighted by Gasteiger charge is 2.30. The molecule has 1 aromatic carbocycles. The summed E-state index contributed by atoms with van der Waals surface area (Å²) in [6.07, 6.45) is 0. The lowest BCUT2D eigenvalue weighted by atomic mass is 10.1. The monoisotopic (exact) mass is 329 g/mol. The first-order chi connectivity index (χ1) is 9.02. The van der Waals surface area contributed by atoms with E-state index in [0.717, 1.165) is 13.1 Å². The second-order valence-corrected chi connectivity index (χ2v) is 5.69. The number of hydrogen-bond donors (Lipinski definition) is 1. The van der Waals surface area contributed by atoms with Crippen LogP contribution < -0.4 is 5.73 Å². The largest absolute Gasteiger partial charge is 0.332 e. The predicted molar refractivity (Wildman–Crippen MR) is 75.5 cm³/mol. The molecule has 0 aliphatic carbocycles. The van der Waals surface area contributed by atoms with E-state index in [1.54, 1.807) is 11.0 Å². The van der Waals surface area contributed by atoms with Gasteiger partial charge in [-0.3, -0.25) is 4.79 Å². The summed E-state index contributed by atoms with van der Waals surface area (Å²) in [5.41, 5.74) is 5.81. The van der Waals surface area contributed by atoms with Crippen LogP contribution in [0.3, 0.4) is 0 Å². The Morgan fingerprint density at radius 3 is 2.95 bits per heavy atom. The van der Waals surface area contributed by atoms with Crippen LogP contribution >= 0.6 is 15.9 Å². The third-order valence-electron chi connectivity index (χ3n) is 3.38.